The van der Waals surface area contributed by atoms with E-state index in [0.29, 0.717) is 19.3 Å². The number of rotatable bonds is 43. The van der Waals surface area contributed by atoms with Gasteiger partial charge in [-0.15, -0.1) is 0 Å². The quantitative estimate of drug-likeness (QED) is 0.0265. The smallest absolute Gasteiger partial charge is 0.306 e. The molecule has 326 valence electrons. The minimum Gasteiger partial charge on any atom is -0.462 e. The average molecular weight is 787 g/mol. The van der Waals surface area contributed by atoms with Crippen LogP contribution >= 0.6 is 0 Å². The Morgan fingerprint density at radius 2 is 0.696 bits per heavy atom. The SMILES string of the molecule is CC/C=C\C/C=C\CCCCCCCCCC(=O)OCC(COC(=O)CCCCCCCCCCCCC)OC(=O)CCCCC/C=C\CCCCCCCC. The monoisotopic (exact) mass is 787 g/mol. The Morgan fingerprint density at radius 1 is 0.375 bits per heavy atom. The normalized spacial score (nSPS) is 12.3. The number of allylic oxidation sites excluding steroid dienone is 6. The van der Waals surface area contributed by atoms with Crippen LogP contribution < -0.4 is 0 Å². The molecule has 0 heterocycles. The van der Waals surface area contributed by atoms with Gasteiger partial charge in [0.25, 0.3) is 0 Å². The van der Waals surface area contributed by atoms with Gasteiger partial charge in [0.2, 0.25) is 0 Å². The van der Waals surface area contributed by atoms with Gasteiger partial charge < -0.3 is 14.2 Å². The highest BCUT2D eigenvalue weighted by atomic mass is 16.6. The van der Waals surface area contributed by atoms with Gasteiger partial charge in [-0.3, -0.25) is 14.4 Å². The number of hydrogen-bond donors (Lipinski definition) is 0. The summed E-state index contributed by atoms with van der Waals surface area (Å²) in [6, 6.07) is 0. The van der Waals surface area contributed by atoms with E-state index in [-0.39, 0.29) is 31.1 Å². The largest absolute Gasteiger partial charge is 0.462 e. The van der Waals surface area contributed by atoms with Gasteiger partial charge in [0.1, 0.15) is 13.2 Å². The molecule has 0 aromatic heterocycles. The Bertz CT molecular complexity index is 953. The van der Waals surface area contributed by atoms with Crippen LogP contribution in [0.1, 0.15) is 245 Å². The Hall–Kier alpha value is -2.37. The van der Waals surface area contributed by atoms with E-state index in [4.69, 9.17) is 14.2 Å². The molecule has 0 aliphatic carbocycles. The lowest BCUT2D eigenvalue weighted by atomic mass is 10.1. The zero-order chi connectivity index (χ0) is 40.8. The molecule has 0 rings (SSSR count). The average Bonchev–Trinajstić information content (AvgIpc) is 3.19. The summed E-state index contributed by atoms with van der Waals surface area (Å²) in [4.78, 5) is 37.8. The number of carbonyl (C=O) groups is 3. The van der Waals surface area contributed by atoms with Crippen LogP contribution in [0.25, 0.3) is 0 Å². The minimum atomic E-state index is -0.778. The van der Waals surface area contributed by atoms with Gasteiger partial charge in [-0.2, -0.15) is 0 Å². The fourth-order valence-electron chi connectivity index (χ4n) is 6.77. The second kappa shape index (κ2) is 45.3. The highest BCUT2D eigenvalue weighted by Gasteiger charge is 2.19. The molecule has 1 atom stereocenters. The van der Waals surface area contributed by atoms with Gasteiger partial charge in [0, 0.05) is 19.3 Å². The zero-order valence-electron chi connectivity index (χ0n) is 37.2. The highest BCUT2D eigenvalue weighted by Crippen LogP contribution is 2.14. The molecule has 1 unspecified atom stereocenters. The van der Waals surface area contributed by atoms with Crippen molar-refractivity contribution in [3.63, 3.8) is 0 Å². The minimum absolute atomic E-state index is 0.0784. The molecule has 0 saturated heterocycles. The van der Waals surface area contributed by atoms with Crippen LogP contribution in [-0.2, 0) is 28.6 Å². The third-order valence-corrected chi connectivity index (χ3v) is 10.4. The molecular formula is C50H90O6. The molecule has 0 aliphatic rings. The summed E-state index contributed by atoms with van der Waals surface area (Å²) in [5, 5.41) is 0. The van der Waals surface area contributed by atoms with Crippen molar-refractivity contribution in [3.05, 3.63) is 36.5 Å². The van der Waals surface area contributed by atoms with E-state index in [9.17, 15) is 14.4 Å². The first-order valence-corrected chi connectivity index (χ1v) is 24.0. The topological polar surface area (TPSA) is 78.9 Å². The van der Waals surface area contributed by atoms with Crippen molar-refractivity contribution >= 4 is 17.9 Å². The van der Waals surface area contributed by atoms with E-state index in [1.54, 1.807) is 0 Å². The van der Waals surface area contributed by atoms with E-state index in [1.807, 2.05) is 0 Å². The Morgan fingerprint density at radius 3 is 1.11 bits per heavy atom. The first-order chi connectivity index (χ1) is 27.5. The van der Waals surface area contributed by atoms with Crippen LogP contribution in [0.5, 0.6) is 0 Å². The van der Waals surface area contributed by atoms with Crippen molar-refractivity contribution < 1.29 is 28.6 Å². The molecule has 6 nitrogen and oxygen atoms in total. The van der Waals surface area contributed by atoms with Gasteiger partial charge in [0.05, 0.1) is 0 Å². The molecule has 0 radical (unpaired) electrons. The molecule has 0 bridgehead atoms. The Labute approximate surface area is 346 Å². The third-order valence-electron chi connectivity index (χ3n) is 10.4. The summed E-state index contributed by atoms with van der Waals surface area (Å²) in [7, 11) is 0. The summed E-state index contributed by atoms with van der Waals surface area (Å²) in [5.74, 6) is -0.899. The molecule has 0 aromatic carbocycles. The van der Waals surface area contributed by atoms with Crippen LogP contribution in [0.3, 0.4) is 0 Å². The third kappa shape index (κ3) is 42.8. The predicted octanol–water partition coefficient (Wildman–Crippen LogP) is 15.4. The molecule has 0 fully saturated rings. The van der Waals surface area contributed by atoms with Gasteiger partial charge in [-0.05, 0) is 70.6 Å². The second-order valence-electron chi connectivity index (χ2n) is 16.0. The molecule has 0 spiro atoms. The molecular weight excluding hydrogens is 697 g/mol. The van der Waals surface area contributed by atoms with Gasteiger partial charge in [0.15, 0.2) is 6.10 Å². The lowest BCUT2D eigenvalue weighted by Gasteiger charge is -2.18. The molecule has 6 heteroatoms. The van der Waals surface area contributed by atoms with Crippen molar-refractivity contribution in [1.82, 2.24) is 0 Å². The van der Waals surface area contributed by atoms with Crippen LogP contribution in [0.15, 0.2) is 36.5 Å². The van der Waals surface area contributed by atoms with E-state index >= 15 is 0 Å². The molecule has 56 heavy (non-hydrogen) atoms. The molecule has 0 saturated carbocycles. The molecule has 0 amide bonds. The molecule has 0 aliphatic heterocycles. The summed E-state index contributed by atoms with van der Waals surface area (Å²) >= 11 is 0. The summed E-state index contributed by atoms with van der Waals surface area (Å²) in [5.41, 5.74) is 0. The first kappa shape index (κ1) is 53.6. The second-order valence-corrected chi connectivity index (χ2v) is 16.0. The summed E-state index contributed by atoms with van der Waals surface area (Å²) in [6.07, 6.45) is 51.2. The summed E-state index contributed by atoms with van der Waals surface area (Å²) < 4.78 is 16.7. The van der Waals surface area contributed by atoms with Crippen molar-refractivity contribution in [1.29, 1.82) is 0 Å². The predicted molar refractivity (Wildman–Crippen MR) is 238 cm³/mol. The van der Waals surface area contributed by atoms with Crippen LogP contribution in [0, 0.1) is 0 Å². The fraction of sp³-hybridized carbons (Fsp3) is 0.820. The Kier molecular flexibility index (Phi) is 43.4. The number of carbonyl (C=O) groups excluding carboxylic acids is 3. The lowest BCUT2D eigenvalue weighted by molar-refractivity contribution is -0.167. The highest BCUT2D eigenvalue weighted by molar-refractivity contribution is 5.71. The summed E-state index contributed by atoms with van der Waals surface area (Å²) in [6.45, 7) is 6.50. The molecule has 0 N–H and O–H groups in total. The van der Waals surface area contributed by atoms with Crippen LogP contribution in [0.2, 0.25) is 0 Å². The first-order valence-electron chi connectivity index (χ1n) is 24.0. The standard InChI is InChI=1S/C50H90O6/c1-4-7-10-13-16-19-22-24-26-28-31-34-37-40-43-49(52)55-46-47(45-54-48(51)42-39-36-33-30-27-21-18-15-12-9-6-3)56-50(53)44-41-38-35-32-29-25-23-20-17-14-11-8-5-2/h7,10,16,19,25,29,47H,4-6,8-9,11-15,17-18,20-24,26-28,30-46H2,1-3H3/b10-7-,19-16-,29-25-. The maximum atomic E-state index is 12.7. The van der Waals surface area contributed by atoms with Crippen molar-refractivity contribution in [2.45, 2.75) is 252 Å². The zero-order valence-corrected chi connectivity index (χ0v) is 37.2. The van der Waals surface area contributed by atoms with Crippen LogP contribution in [0.4, 0.5) is 0 Å². The van der Waals surface area contributed by atoms with E-state index < -0.39 is 6.10 Å². The number of unbranched alkanes of at least 4 members (excludes halogenated alkanes) is 26. The van der Waals surface area contributed by atoms with Crippen molar-refractivity contribution in [2.75, 3.05) is 13.2 Å². The molecule has 0 aromatic rings. The lowest BCUT2D eigenvalue weighted by Crippen LogP contribution is -2.30. The maximum absolute atomic E-state index is 12.7. The number of hydrogen-bond acceptors (Lipinski definition) is 6. The van der Waals surface area contributed by atoms with E-state index in [1.165, 1.54) is 116 Å². The fourth-order valence-corrected chi connectivity index (χ4v) is 6.77. The maximum Gasteiger partial charge on any atom is 0.306 e. The van der Waals surface area contributed by atoms with Gasteiger partial charge >= 0.3 is 17.9 Å². The van der Waals surface area contributed by atoms with Gasteiger partial charge in [-0.1, -0.05) is 192 Å². The number of ether oxygens (including phenoxy) is 3. The van der Waals surface area contributed by atoms with E-state index in [2.05, 4.69) is 57.2 Å². The Balaban J connectivity index is 4.38. The van der Waals surface area contributed by atoms with Crippen LogP contribution in [-0.4, -0.2) is 37.2 Å². The van der Waals surface area contributed by atoms with Gasteiger partial charge in [-0.25, -0.2) is 0 Å². The van der Waals surface area contributed by atoms with Crippen molar-refractivity contribution in [3.8, 4) is 0 Å². The van der Waals surface area contributed by atoms with E-state index in [0.717, 1.165) is 89.9 Å². The number of esters is 3. The van der Waals surface area contributed by atoms with Crippen molar-refractivity contribution in [2.24, 2.45) is 0 Å².